The van der Waals surface area contributed by atoms with E-state index in [1.54, 1.807) is 4.68 Å². The van der Waals surface area contributed by atoms with E-state index in [4.69, 9.17) is 4.74 Å². The number of aromatic nitrogens is 2. The van der Waals surface area contributed by atoms with Crippen molar-refractivity contribution in [1.82, 2.24) is 20.0 Å². The molecule has 0 bridgehead atoms. The Balaban J connectivity index is 1.92. The largest absolute Gasteiger partial charge is 0.372 e. The van der Waals surface area contributed by atoms with Crippen molar-refractivity contribution in [2.45, 2.75) is 45.8 Å². The smallest absolute Gasteiger partial charge is 0.317 e. The molecule has 0 aromatic carbocycles. The molecule has 1 aliphatic heterocycles. The lowest BCUT2D eigenvalue weighted by molar-refractivity contribution is -0.0872. The molecule has 0 spiro atoms. The van der Waals surface area contributed by atoms with Gasteiger partial charge in [-0.15, -0.1) is 0 Å². The molecule has 1 aromatic rings. The van der Waals surface area contributed by atoms with Gasteiger partial charge in [0.1, 0.15) is 0 Å². The minimum atomic E-state index is -0.224. The lowest BCUT2D eigenvalue weighted by atomic mass is 10.0. The second kappa shape index (κ2) is 6.47. The van der Waals surface area contributed by atoms with Crippen LogP contribution in [0.2, 0.25) is 0 Å². The first-order chi connectivity index (χ1) is 9.97. The molecule has 0 saturated carbocycles. The summed E-state index contributed by atoms with van der Waals surface area (Å²) in [5.74, 6) is 0. The van der Waals surface area contributed by atoms with Crippen LogP contribution < -0.4 is 5.32 Å². The fourth-order valence-electron chi connectivity index (χ4n) is 2.63. The van der Waals surface area contributed by atoms with E-state index in [-0.39, 0.29) is 11.6 Å². The molecule has 0 radical (unpaired) electrons. The van der Waals surface area contributed by atoms with Crippen molar-refractivity contribution in [3.63, 3.8) is 0 Å². The highest BCUT2D eigenvalue weighted by molar-refractivity contribution is 5.74. The van der Waals surface area contributed by atoms with Crippen LogP contribution in [-0.4, -0.2) is 46.0 Å². The lowest BCUT2D eigenvalue weighted by Crippen LogP contribution is -2.54. The van der Waals surface area contributed by atoms with E-state index in [2.05, 4.69) is 31.2 Å². The van der Waals surface area contributed by atoms with Crippen LogP contribution in [0.5, 0.6) is 0 Å². The van der Waals surface area contributed by atoms with Gasteiger partial charge in [-0.3, -0.25) is 4.68 Å². The van der Waals surface area contributed by atoms with Crippen molar-refractivity contribution in [3.8, 4) is 0 Å². The minimum Gasteiger partial charge on any atom is -0.372 e. The maximum Gasteiger partial charge on any atom is 0.317 e. The maximum absolute atomic E-state index is 12.3. The van der Waals surface area contributed by atoms with Crippen molar-refractivity contribution in [3.05, 3.63) is 17.5 Å². The van der Waals surface area contributed by atoms with Crippen molar-refractivity contribution in [1.29, 1.82) is 0 Å². The third-order valence-corrected chi connectivity index (χ3v) is 4.13. The van der Waals surface area contributed by atoms with Crippen LogP contribution in [0.4, 0.5) is 4.79 Å². The summed E-state index contributed by atoms with van der Waals surface area (Å²) in [7, 11) is 1.90. The highest BCUT2D eigenvalue weighted by Gasteiger charge is 2.32. The zero-order valence-electron chi connectivity index (χ0n) is 13.5. The van der Waals surface area contributed by atoms with Gasteiger partial charge in [-0.2, -0.15) is 5.10 Å². The summed E-state index contributed by atoms with van der Waals surface area (Å²) >= 11 is 0. The summed E-state index contributed by atoms with van der Waals surface area (Å²) in [4.78, 5) is 14.2. The van der Waals surface area contributed by atoms with Gasteiger partial charge in [0.25, 0.3) is 0 Å². The Morgan fingerprint density at radius 1 is 1.52 bits per heavy atom. The topological polar surface area (TPSA) is 59.4 Å². The highest BCUT2D eigenvalue weighted by Crippen LogP contribution is 2.21. The lowest BCUT2D eigenvalue weighted by Gasteiger charge is -2.39. The summed E-state index contributed by atoms with van der Waals surface area (Å²) < 4.78 is 7.56. The van der Waals surface area contributed by atoms with Crippen LogP contribution in [0.1, 0.15) is 38.4 Å². The summed E-state index contributed by atoms with van der Waals surface area (Å²) in [6, 6.07) is -0.0242. The Morgan fingerprint density at radius 2 is 2.29 bits per heavy atom. The molecule has 21 heavy (non-hydrogen) atoms. The standard InChI is InChI=1S/C15H26N4O2/c1-5-13-12(10-18(4)17-13)9-16-14(20)19-7-8-21-15(3,6-2)11-19/h10H,5-9,11H2,1-4H3,(H,16,20)/t15-/m0/s1. The molecule has 6 heteroatoms. The normalized spacial score (nSPS) is 22.4. The fraction of sp³-hybridized carbons (Fsp3) is 0.733. The number of ether oxygens (including phenoxy) is 1. The number of amides is 2. The van der Waals surface area contributed by atoms with Crippen LogP contribution in [0, 0.1) is 0 Å². The number of carbonyl (C=O) groups excluding carboxylic acids is 1. The molecular weight excluding hydrogens is 268 g/mol. The first-order valence-corrected chi connectivity index (χ1v) is 7.65. The molecule has 2 rings (SSSR count). The van der Waals surface area contributed by atoms with Gasteiger partial charge in [0.15, 0.2) is 0 Å². The molecule has 1 saturated heterocycles. The second-order valence-corrected chi connectivity index (χ2v) is 5.86. The van der Waals surface area contributed by atoms with Gasteiger partial charge in [0, 0.05) is 31.9 Å². The molecule has 118 valence electrons. The fourth-order valence-corrected chi connectivity index (χ4v) is 2.63. The van der Waals surface area contributed by atoms with Gasteiger partial charge in [-0.05, 0) is 19.8 Å². The van der Waals surface area contributed by atoms with E-state index < -0.39 is 0 Å². The SMILES string of the molecule is CCc1nn(C)cc1CNC(=O)N1CCO[C@@](C)(CC)C1. The minimum absolute atomic E-state index is 0.0242. The van der Waals surface area contributed by atoms with Gasteiger partial charge >= 0.3 is 6.03 Å². The number of morpholine rings is 1. The molecule has 2 heterocycles. The Labute approximate surface area is 126 Å². The molecule has 1 aliphatic rings. The average molecular weight is 294 g/mol. The summed E-state index contributed by atoms with van der Waals surface area (Å²) in [5, 5.41) is 7.38. The molecule has 6 nitrogen and oxygen atoms in total. The predicted molar refractivity (Wildman–Crippen MR) is 81.0 cm³/mol. The van der Waals surface area contributed by atoms with E-state index in [9.17, 15) is 4.79 Å². The molecule has 1 aromatic heterocycles. The summed E-state index contributed by atoms with van der Waals surface area (Å²) in [6.07, 6.45) is 3.74. The van der Waals surface area contributed by atoms with E-state index in [1.165, 1.54) is 0 Å². The van der Waals surface area contributed by atoms with Gasteiger partial charge in [-0.25, -0.2) is 4.79 Å². The van der Waals surface area contributed by atoms with Crippen LogP contribution in [0.3, 0.4) is 0 Å². The number of nitrogens with one attached hydrogen (secondary N) is 1. The van der Waals surface area contributed by atoms with Crippen LogP contribution >= 0.6 is 0 Å². The van der Waals surface area contributed by atoms with Gasteiger partial charge in [0.05, 0.1) is 24.4 Å². The van der Waals surface area contributed by atoms with E-state index in [1.807, 2.05) is 18.1 Å². The molecule has 1 fully saturated rings. The molecule has 1 atom stereocenters. The predicted octanol–water partition coefficient (Wildman–Crippen LogP) is 1.69. The average Bonchev–Trinajstić information content (AvgIpc) is 2.85. The van der Waals surface area contributed by atoms with Gasteiger partial charge < -0.3 is 15.0 Å². The Kier molecular flexibility index (Phi) is 4.88. The van der Waals surface area contributed by atoms with Crippen LogP contribution in [-0.2, 0) is 24.8 Å². The van der Waals surface area contributed by atoms with Gasteiger partial charge in [0.2, 0.25) is 0 Å². The molecule has 1 N–H and O–H groups in total. The summed E-state index contributed by atoms with van der Waals surface area (Å²) in [5.41, 5.74) is 1.90. The Bertz CT molecular complexity index is 500. The van der Waals surface area contributed by atoms with E-state index in [0.29, 0.717) is 26.2 Å². The molecule has 0 aliphatic carbocycles. The first kappa shape index (κ1) is 15.8. The number of urea groups is 1. The number of hydrogen-bond acceptors (Lipinski definition) is 3. The highest BCUT2D eigenvalue weighted by atomic mass is 16.5. The van der Waals surface area contributed by atoms with Gasteiger partial charge in [-0.1, -0.05) is 13.8 Å². The van der Waals surface area contributed by atoms with Crippen molar-refractivity contribution >= 4 is 6.03 Å². The first-order valence-electron chi connectivity index (χ1n) is 7.65. The Morgan fingerprint density at radius 3 is 2.95 bits per heavy atom. The Hall–Kier alpha value is -1.56. The zero-order chi connectivity index (χ0) is 15.5. The molecule has 0 unspecified atom stereocenters. The van der Waals surface area contributed by atoms with Crippen molar-refractivity contribution < 1.29 is 9.53 Å². The van der Waals surface area contributed by atoms with Crippen molar-refractivity contribution in [2.24, 2.45) is 7.05 Å². The maximum atomic E-state index is 12.3. The second-order valence-electron chi connectivity index (χ2n) is 5.86. The number of rotatable bonds is 4. The number of hydrogen-bond donors (Lipinski definition) is 1. The third kappa shape index (κ3) is 3.75. The number of aryl methyl sites for hydroxylation is 2. The molecular formula is C15H26N4O2. The molecule has 2 amide bonds. The van der Waals surface area contributed by atoms with Crippen LogP contribution in [0.15, 0.2) is 6.20 Å². The third-order valence-electron chi connectivity index (χ3n) is 4.13. The van der Waals surface area contributed by atoms with Crippen molar-refractivity contribution in [2.75, 3.05) is 19.7 Å². The monoisotopic (exact) mass is 294 g/mol. The zero-order valence-corrected chi connectivity index (χ0v) is 13.5. The van der Waals surface area contributed by atoms with E-state index >= 15 is 0 Å². The quantitative estimate of drug-likeness (QED) is 0.919. The van der Waals surface area contributed by atoms with E-state index in [0.717, 1.165) is 24.1 Å². The number of carbonyl (C=O) groups is 1. The number of nitrogens with zero attached hydrogens (tertiary/aromatic N) is 3. The van der Waals surface area contributed by atoms with Crippen LogP contribution in [0.25, 0.3) is 0 Å². The summed E-state index contributed by atoms with van der Waals surface area (Å²) in [6.45, 7) is 8.63.